The van der Waals surface area contributed by atoms with Gasteiger partial charge in [0.05, 0.1) is 12.0 Å². The molecule has 0 N–H and O–H groups in total. The molecule has 0 aliphatic carbocycles. The zero-order valence-corrected chi connectivity index (χ0v) is 10.7. The highest BCUT2D eigenvalue weighted by Gasteiger charge is 2.31. The van der Waals surface area contributed by atoms with Gasteiger partial charge >= 0.3 is 5.97 Å². The highest BCUT2D eigenvalue weighted by molar-refractivity contribution is 5.75. The average Bonchev–Trinajstić information content (AvgIpc) is 2.86. The standard InChI is InChI=1S/C13H16N2O4/c1-19-13(16)12-3-2-8-14(12)9-10-4-6-11(7-5-10)15(17)18/h4-7,12H,2-3,8-9H2,1H3/t12-/m1/s1. The summed E-state index contributed by atoms with van der Waals surface area (Å²) in [6.07, 6.45) is 1.77. The Kier molecular flexibility index (Phi) is 4.11. The number of likely N-dealkylation sites (tertiary alicyclic amines) is 1. The number of hydrogen-bond acceptors (Lipinski definition) is 5. The molecule has 1 aromatic rings. The van der Waals surface area contributed by atoms with Crippen LogP contribution in [-0.4, -0.2) is 35.5 Å². The van der Waals surface area contributed by atoms with Gasteiger partial charge in [0.25, 0.3) is 5.69 Å². The van der Waals surface area contributed by atoms with Gasteiger partial charge in [0.1, 0.15) is 6.04 Å². The summed E-state index contributed by atoms with van der Waals surface area (Å²) in [6.45, 7) is 1.45. The summed E-state index contributed by atoms with van der Waals surface area (Å²) in [5.41, 5.74) is 1.04. The van der Waals surface area contributed by atoms with E-state index in [0.29, 0.717) is 6.54 Å². The van der Waals surface area contributed by atoms with Gasteiger partial charge < -0.3 is 4.74 Å². The molecule has 19 heavy (non-hydrogen) atoms. The van der Waals surface area contributed by atoms with Gasteiger partial charge in [-0.25, -0.2) is 0 Å². The molecule has 2 rings (SSSR count). The second-order valence-corrected chi connectivity index (χ2v) is 4.58. The lowest BCUT2D eigenvalue weighted by Crippen LogP contribution is -2.36. The Balaban J connectivity index is 2.04. The molecule has 0 radical (unpaired) electrons. The number of methoxy groups -OCH3 is 1. The second kappa shape index (κ2) is 5.79. The van der Waals surface area contributed by atoms with E-state index in [2.05, 4.69) is 0 Å². The molecule has 1 saturated heterocycles. The number of hydrogen-bond donors (Lipinski definition) is 0. The Bertz CT molecular complexity index is 472. The van der Waals surface area contributed by atoms with E-state index < -0.39 is 4.92 Å². The molecular weight excluding hydrogens is 248 g/mol. The molecule has 6 nitrogen and oxygen atoms in total. The molecule has 0 unspecified atom stereocenters. The molecular formula is C13H16N2O4. The van der Waals surface area contributed by atoms with E-state index in [-0.39, 0.29) is 17.7 Å². The van der Waals surface area contributed by atoms with Gasteiger partial charge in [-0.3, -0.25) is 19.8 Å². The van der Waals surface area contributed by atoms with Crippen LogP contribution in [0.25, 0.3) is 0 Å². The van der Waals surface area contributed by atoms with Crippen LogP contribution in [0.4, 0.5) is 5.69 Å². The lowest BCUT2D eigenvalue weighted by molar-refractivity contribution is -0.384. The maximum absolute atomic E-state index is 11.6. The van der Waals surface area contributed by atoms with Gasteiger partial charge in [-0.05, 0) is 24.9 Å². The van der Waals surface area contributed by atoms with E-state index in [1.807, 2.05) is 4.90 Å². The summed E-state index contributed by atoms with van der Waals surface area (Å²) < 4.78 is 4.78. The van der Waals surface area contributed by atoms with Gasteiger partial charge in [-0.2, -0.15) is 0 Å². The predicted octanol–water partition coefficient (Wildman–Crippen LogP) is 1.73. The molecule has 102 valence electrons. The van der Waals surface area contributed by atoms with E-state index in [1.54, 1.807) is 12.1 Å². The zero-order chi connectivity index (χ0) is 13.8. The molecule has 1 fully saturated rings. The van der Waals surface area contributed by atoms with Crippen molar-refractivity contribution < 1.29 is 14.5 Å². The molecule has 0 bridgehead atoms. The summed E-state index contributed by atoms with van der Waals surface area (Å²) in [6, 6.07) is 6.23. The quantitative estimate of drug-likeness (QED) is 0.470. The van der Waals surface area contributed by atoms with E-state index in [9.17, 15) is 14.9 Å². The number of ether oxygens (including phenoxy) is 1. The first-order valence-corrected chi connectivity index (χ1v) is 6.17. The molecule has 1 heterocycles. The number of nitro benzene ring substituents is 1. The third-order valence-electron chi connectivity index (χ3n) is 3.37. The summed E-state index contributed by atoms with van der Waals surface area (Å²) in [5.74, 6) is -0.209. The van der Waals surface area contributed by atoms with Crippen LogP contribution >= 0.6 is 0 Å². The maximum atomic E-state index is 11.6. The van der Waals surface area contributed by atoms with Crippen molar-refractivity contribution in [3.05, 3.63) is 39.9 Å². The van der Waals surface area contributed by atoms with Crippen LogP contribution < -0.4 is 0 Å². The van der Waals surface area contributed by atoms with E-state index >= 15 is 0 Å². The van der Waals surface area contributed by atoms with Crippen LogP contribution in [0.1, 0.15) is 18.4 Å². The number of non-ortho nitro benzene ring substituents is 1. The van der Waals surface area contributed by atoms with Crippen LogP contribution in [-0.2, 0) is 16.1 Å². The van der Waals surface area contributed by atoms with Crippen molar-refractivity contribution in [1.82, 2.24) is 4.90 Å². The lowest BCUT2D eigenvalue weighted by Gasteiger charge is -2.22. The van der Waals surface area contributed by atoms with Crippen molar-refractivity contribution in [2.24, 2.45) is 0 Å². The Hall–Kier alpha value is -1.95. The number of nitrogens with zero attached hydrogens (tertiary/aromatic N) is 2. The second-order valence-electron chi connectivity index (χ2n) is 4.58. The molecule has 0 amide bonds. The highest BCUT2D eigenvalue weighted by Crippen LogP contribution is 2.22. The smallest absolute Gasteiger partial charge is 0.323 e. The first-order chi connectivity index (χ1) is 9.11. The minimum absolute atomic E-state index is 0.0784. The normalized spacial score (nSPS) is 19.3. The molecule has 6 heteroatoms. The Morgan fingerprint density at radius 1 is 1.47 bits per heavy atom. The zero-order valence-electron chi connectivity index (χ0n) is 10.7. The van der Waals surface area contributed by atoms with Gasteiger partial charge in [-0.15, -0.1) is 0 Å². The van der Waals surface area contributed by atoms with Crippen molar-refractivity contribution in [1.29, 1.82) is 0 Å². The predicted molar refractivity (Wildman–Crippen MR) is 68.5 cm³/mol. The Labute approximate surface area is 111 Å². The van der Waals surface area contributed by atoms with Gasteiger partial charge in [-0.1, -0.05) is 12.1 Å². The lowest BCUT2D eigenvalue weighted by atomic mass is 10.1. The third kappa shape index (κ3) is 3.08. The first-order valence-electron chi connectivity index (χ1n) is 6.17. The fourth-order valence-corrected chi connectivity index (χ4v) is 2.38. The highest BCUT2D eigenvalue weighted by atomic mass is 16.6. The monoisotopic (exact) mass is 264 g/mol. The van der Waals surface area contributed by atoms with Gasteiger partial charge in [0, 0.05) is 18.7 Å². The molecule has 1 aliphatic rings. The van der Waals surface area contributed by atoms with Crippen molar-refractivity contribution in [3.63, 3.8) is 0 Å². The maximum Gasteiger partial charge on any atom is 0.323 e. The van der Waals surface area contributed by atoms with Crippen molar-refractivity contribution in [2.45, 2.75) is 25.4 Å². The first kappa shape index (κ1) is 13.5. The van der Waals surface area contributed by atoms with Crippen LogP contribution in [0.3, 0.4) is 0 Å². The number of carbonyl (C=O) groups is 1. The number of esters is 1. The molecule has 1 aromatic carbocycles. The Morgan fingerprint density at radius 3 is 2.74 bits per heavy atom. The van der Waals surface area contributed by atoms with Gasteiger partial charge in [0.15, 0.2) is 0 Å². The molecule has 0 aromatic heterocycles. The number of benzene rings is 1. The minimum Gasteiger partial charge on any atom is -0.468 e. The minimum atomic E-state index is -0.420. The summed E-state index contributed by atoms with van der Waals surface area (Å²) >= 11 is 0. The molecule has 1 aliphatic heterocycles. The number of carbonyl (C=O) groups excluding carboxylic acids is 1. The number of nitro groups is 1. The fraction of sp³-hybridized carbons (Fsp3) is 0.462. The third-order valence-corrected chi connectivity index (χ3v) is 3.37. The Morgan fingerprint density at radius 2 is 2.16 bits per heavy atom. The van der Waals surface area contributed by atoms with Crippen molar-refractivity contribution in [3.8, 4) is 0 Å². The van der Waals surface area contributed by atoms with E-state index in [4.69, 9.17) is 4.74 Å². The largest absolute Gasteiger partial charge is 0.468 e. The topological polar surface area (TPSA) is 72.7 Å². The SMILES string of the molecule is COC(=O)[C@H]1CCCN1Cc1ccc([N+](=O)[O-])cc1. The van der Waals surface area contributed by atoms with E-state index in [0.717, 1.165) is 24.9 Å². The van der Waals surface area contributed by atoms with Crippen LogP contribution in [0.5, 0.6) is 0 Å². The van der Waals surface area contributed by atoms with Crippen LogP contribution in [0, 0.1) is 10.1 Å². The summed E-state index contributed by atoms with van der Waals surface area (Å²) in [7, 11) is 1.39. The van der Waals surface area contributed by atoms with Crippen LogP contribution in [0.2, 0.25) is 0 Å². The number of rotatable bonds is 4. The average molecular weight is 264 g/mol. The fourth-order valence-electron chi connectivity index (χ4n) is 2.38. The molecule has 0 spiro atoms. The summed E-state index contributed by atoms with van der Waals surface area (Å²) in [5, 5.41) is 10.6. The van der Waals surface area contributed by atoms with Crippen molar-refractivity contribution >= 4 is 11.7 Å². The van der Waals surface area contributed by atoms with Crippen molar-refractivity contribution in [2.75, 3.05) is 13.7 Å². The molecule has 0 saturated carbocycles. The van der Waals surface area contributed by atoms with E-state index in [1.165, 1.54) is 19.2 Å². The summed E-state index contributed by atoms with van der Waals surface area (Å²) in [4.78, 5) is 23.8. The van der Waals surface area contributed by atoms with Crippen LogP contribution in [0.15, 0.2) is 24.3 Å². The molecule has 1 atom stereocenters. The van der Waals surface area contributed by atoms with Gasteiger partial charge in [0.2, 0.25) is 0 Å².